The Morgan fingerprint density at radius 3 is 2.55 bits per heavy atom. The molecule has 0 saturated carbocycles. The molecule has 0 radical (unpaired) electrons. The van der Waals surface area contributed by atoms with Gasteiger partial charge in [-0.25, -0.2) is 4.79 Å². The first-order valence-electron chi connectivity index (χ1n) is 6.12. The second-order valence-electron chi connectivity index (χ2n) is 5.14. The number of carboxylic acids is 1. The molecule has 1 fully saturated rings. The van der Waals surface area contributed by atoms with Crippen molar-refractivity contribution in [2.75, 3.05) is 13.1 Å². The van der Waals surface area contributed by atoms with E-state index in [1.54, 1.807) is 6.92 Å². The van der Waals surface area contributed by atoms with Gasteiger partial charge in [0.05, 0.1) is 11.0 Å². The van der Waals surface area contributed by atoms with Crippen LogP contribution in [-0.4, -0.2) is 45.9 Å². The molecule has 0 spiro atoms. The molecule has 1 aliphatic heterocycles. The first kappa shape index (κ1) is 14.0. The van der Waals surface area contributed by atoms with Gasteiger partial charge in [0.1, 0.15) is 5.69 Å². The summed E-state index contributed by atoms with van der Waals surface area (Å²) in [7, 11) is 0. The number of carbonyl (C=O) groups excluding carboxylic acids is 2. The summed E-state index contributed by atoms with van der Waals surface area (Å²) in [5, 5.41) is 8.77. The zero-order chi connectivity index (χ0) is 14.9. The van der Waals surface area contributed by atoms with Gasteiger partial charge in [0.15, 0.2) is 0 Å². The largest absolute Gasteiger partial charge is 0.478 e. The Morgan fingerprint density at radius 2 is 2.10 bits per heavy atom. The van der Waals surface area contributed by atoms with Gasteiger partial charge in [0.25, 0.3) is 5.91 Å². The molecule has 0 aromatic carbocycles. The van der Waals surface area contributed by atoms with Crippen LogP contribution in [0.4, 0.5) is 0 Å². The lowest BCUT2D eigenvalue weighted by Gasteiger charge is -2.20. The smallest absolute Gasteiger partial charge is 0.337 e. The molecule has 2 heterocycles. The second-order valence-corrected chi connectivity index (χ2v) is 5.14. The van der Waals surface area contributed by atoms with Gasteiger partial charge < -0.3 is 15.7 Å². The molecule has 2 amide bonds. The van der Waals surface area contributed by atoms with Crippen molar-refractivity contribution < 1.29 is 19.5 Å². The number of rotatable bonds is 3. The van der Waals surface area contributed by atoms with Crippen molar-refractivity contribution in [1.82, 2.24) is 9.88 Å². The van der Waals surface area contributed by atoms with Crippen molar-refractivity contribution in [3.05, 3.63) is 29.6 Å². The summed E-state index contributed by atoms with van der Waals surface area (Å²) < 4.78 is 0. The number of carbonyl (C=O) groups is 3. The average molecular weight is 277 g/mol. The summed E-state index contributed by atoms with van der Waals surface area (Å²) in [6.45, 7) is 2.41. The fraction of sp³-hybridized carbons (Fsp3) is 0.385. The molecule has 1 unspecified atom stereocenters. The predicted molar refractivity (Wildman–Crippen MR) is 69.0 cm³/mol. The van der Waals surface area contributed by atoms with Crippen LogP contribution in [0.1, 0.15) is 34.2 Å². The maximum Gasteiger partial charge on any atom is 0.337 e. The summed E-state index contributed by atoms with van der Waals surface area (Å²) in [6.07, 6.45) is 1.65. The Balaban J connectivity index is 2.13. The standard InChI is InChI=1S/C13H15N3O4/c1-13(12(14)20)4-5-16(7-13)10(17)9-3-2-8(6-15-9)11(18)19/h2-3,6H,4-5,7H2,1H3,(H2,14,20)(H,18,19). The molecule has 1 saturated heterocycles. The Morgan fingerprint density at radius 1 is 1.40 bits per heavy atom. The average Bonchev–Trinajstić information content (AvgIpc) is 2.82. The lowest BCUT2D eigenvalue weighted by molar-refractivity contribution is -0.126. The van der Waals surface area contributed by atoms with Crippen molar-refractivity contribution in [1.29, 1.82) is 0 Å². The molecule has 0 bridgehead atoms. The van der Waals surface area contributed by atoms with E-state index in [9.17, 15) is 14.4 Å². The van der Waals surface area contributed by atoms with Crippen LogP contribution in [0, 0.1) is 5.41 Å². The zero-order valence-electron chi connectivity index (χ0n) is 11.0. The summed E-state index contributed by atoms with van der Waals surface area (Å²) in [4.78, 5) is 39.6. The topological polar surface area (TPSA) is 114 Å². The highest BCUT2D eigenvalue weighted by atomic mass is 16.4. The Bertz CT molecular complexity index is 569. The quantitative estimate of drug-likeness (QED) is 0.814. The maximum atomic E-state index is 12.2. The van der Waals surface area contributed by atoms with Crippen molar-refractivity contribution in [2.45, 2.75) is 13.3 Å². The van der Waals surface area contributed by atoms with E-state index in [0.29, 0.717) is 13.0 Å². The summed E-state index contributed by atoms with van der Waals surface area (Å²) in [5.74, 6) is -1.85. The highest BCUT2D eigenvalue weighted by molar-refractivity contribution is 5.94. The van der Waals surface area contributed by atoms with Gasteiger partial charge in [-0.2, -0.15) is 0 Å². The number of nitrogens with zero attached hydrogens (tertiary/aromatic N) is 2. The van der Waals surface area contributed by atoms with Gasteiger partial charge in [-0.1, -0.05) is 0 Å². The van der Waals surface area contributed by atoms with Crippen LogP contribution < -0.4 is 5.73 Å². The zero-order valence-corrected chi connectivity index (χ0v) is 11.0. The van der Waals surface area contributed by atoms with Crippen molar-refractivity contribution in [2.24, 2.45) is 11.1 Å². The number of hydrogen-bond donors (Lipinski definition) is 2. The summed E-state index contributed by atoms with van der Waals surface area (Å²) in [6, 6.07) is 2.69. The lowest BCUT2D eigenvalue weighted by atomic mass is 9.89. The number of amides is 2. The third-order valence-electron chi connectivity index (χ3n) is 3.58. The first-order chi connectivity index (χ1) is 9.33. The third kappa shape index (κ3) is 2.47. The fourth-order valence-corrected chi connectivity index (χ4v) is 2.14. The lowest BCUT2D eigenvalue weighted by Crippen LogP contribution is -2.38. The number of pyridine rings is 1. The number of aromatic carboxylic acids is 1. The minimum absolute atomic E-state index is 0.0185. The number of nitrogens with two attached hydrogens (primary N) is 1. The van der Waals surface area contributed by atoms with E-state index >= 15 is 0 Å². The fourth-order valence-electron chi connectivity index (χ4n) is 2.14. The van der Waals surface area contributed by atoms with Gasteiger partial charge in [-0.3, -0.25) is 14.6 Å². The molecule has 7 nitrogen and oxygen atoms in total. The molecule has 20 heavy (non-hydrogen) atoms. The van der Waals surface area contributed by atoms with Crippen LogP contribution in [0.3, 0.4) is 0 Å². The molecule has 2 rings (SSSR count). The number of hydrogen-bond acceptors (Lipinski definition) is 4. The van der Waals surface area contributed by atoms with Crippen LogP contribution in [0.25, 0.3) is 0 Å². The third-order valence-corrected chi connectivity index (χ3v) is 3.58. The van der Waals surface area contributed by atoms with E-state index in [1.165, 1.54) is 17.0 Å². The van der Waals surface area contributed by atoms with Gasteiger partial charge in [-0.05, 0) is 25.5 Å². The molecule has 1 aromatic heterocycles. The first-order valence-corrected chi connectivity index (χ1v) is 6.12. The second kappa shape index (κ2) is 4.92. The number of likely N-dealkylation sites (tertiary alicyclic amines) is 1. The molecule has 106 valence electrons. The van der Waals surface area contributed by atoms with Gasteiger partial charge in [0.2, 0.25) is 5.91 Å². The maximum absolute atomic E-state index is 12.2. The van der Waals surface area contributed by atoms with E-state index in [-0.39, 0.29) is 23.7 Å². The van der Waals surface area contributed by atoms with Gasteiger partial charge >= 0.3 is 5.97 Å². The molecular weight excluding hydrogens is 262 g/mol. The minimum atomic E-state index is -1.10. The molecular formula is C13H15N3O4. The summed E-state index contributed by atoms with van der Waals surface area (Å²) in [5.41, 5.74) is 4.79. The Hall–Kier alpha value is -2.44. The monoisotopic (exact) mass is 277 g/mol. The molecule has 1 aliphatic rings. The van der Waals surface area contributed by atoms with E-state index in [1.807, 2.05) is 0 Å². The SMILES string of the molecule is CC1(C(N)=O)CCN(C(=O)c2ccc(C(=O)O)cn2)C1. The van der Waals surface area contributed by atoms with Crippen LogP contribution in [0.5, 0.6) is 0 Å². The van der Waals surface area contributed by atoms with Crippen LogP contribution >= 0.6 is 0 Å². The molecule has 1 aromatic rings. The highest BCUT2D eigenvalue weighted by Gasteiger charge is 2.41. The normalized spacial score (nSPS) is 21.8. The van der Waals surface area contributed by atoms with Crippen molar-refractivity contribution in [3.63, 3.8) is 0 Å². The Labute approximate surface area is 115 Å². The van der Waals surface area contributed by atoms with E-state index in [4.69, 9.17) is 10.8 Å². The van der Waals surface area contributed by atoms with Crippen molar-refractivity contribution in [3.8, 4) is 0 Å². The molecule has 0 aliphatic carbocycles. The number of aromatic nitrogens is 1. The van der Waals surface area contributed by atoms with Crippen molar-refractivity contribution >= 4 is 17.8 Å². The van der Waals surface area contributed by atoms with Crippen LogP contribution in [0.15, 0.2) is 18.3 Å². The van der Waals surface area contributed by atoms with Gasteiger partial charge in [-0.15, -0.1) is 0 Å². The number of carboxylic acid groups (broad SMARTS) is 1. The van der Waals surface area contributed by atoms with Gasteiger partial charge in [0, 0.05) is 19.3 Å². The van der Waals surface area contributed by atoms with Crippen LogP contribution in [-0.2, 0) is 4.79 Å². The van der Waals surface area contributed by atoms with E-state index in [2.05, 4.69) is 4.98 Å². The Kier molecular flexibility index (Phi) is 3.44. The predicted octanol–water partition coefficient (Wildman–Crippen LogP) is 0.117. The minimum Gasteiger partial charge on any atom is -0.478 e. The van der Waals surface area contributed by atoms with E-state index < -0.39 is 17.3 Å². The highest BCUT2D eigenvalue weighted by Crippen LogP contribution is 2.30. The van der Waals surface area contributed by atoms with Crippen LogP contribution in [0.2, 0.25) is 0 Å². The molecule has 1 atom stereocenters. The number of primary amides is 1. The molecule has 3 N–H and O–H groups in total. The molecule has 7 heteroatoms. The summed E-state index contributed by atoms with van der Waals surface area (Å²) >= 11 is 0. The van der Waals surface area contributed by atoms with E-state index in [0.717, 1.165) is 6.20 Å².